The summed E-state index contributed by atoms with van der Waals surface area (Å²) in [5.41, 5.74) is 0.922. The summed E-state index contributed by atoms with van der Waals surface area (Å²) in [5.74, 6) is 0.389. The fourth-order valence-electron chi connectivity index (χ4n) is 1.33. The van der Waals surface area contributed by atoms with Gasteiger partial charge < -0.3 is 14.8 Å². The van der Waals surface area contributed by atoms with Crippen LogP contribution < -0.4 is 14.8 Å². The van der Waals surface area contributed by atoms with Gasteiger partial charge in [-0.15, -0.1) is 0 Å². The molecule has 0 bridgehead atoms. The number of ether oxygens (including phenoxy) is 2. The highest BCUT2D eigenvalue weighted by Gasteiger charge is 2.10. The Kier molecular flexibility index (Phi) is 4.98. The number of likely N-dealkylation sites (N-methyl/N-ethyl adjacent to an activating group) is 1. The fraction of sp³-hybridized carbons (Fsp3) is 0.455. The number of nitrogens with one attached hydrogen (secondary N) is 1. The Balaban J connectivity index is 2.83. The lowest BCUT2D eigenvalue weighted by atomic mass is 10.1. The summed E-state index contributed by atoms with van der Waals surface area (Å²) in [4.78, 5) is 0. The molecule has 3 nitrogen and oxygen atoms in total. The molecule has 0 amide bonds. The van der Waals surface area contributed by atoms with Crippen LogP contribution in [0.2, 0.25) is 0 Å². The summed E-state index contributed by atoms with van der Waals surface area (Å²) in [6, 6.07) is 5.03. The first kappa shape index (κ1) is 12.7. The number of benzene rings is 1. The summed E-state index contributed by atoms with van der Waals surface area (Å²) >= 11 is 0. The molecule has 0 unspecified atom stereocenters. The molecule has 0 aliphatic heterocycles. The lowest BCUT2D eigenvalue weighted by molar-refractivity contribution is -0.0512. The van der Waals surface area contributed by atoms with Gasteiger partial charge in [-0.3, -0.25) is 0 Å². The van der Waals surface area contributed by atoms with E-state index < -0.39 is 6.61 Å². The molecular weight excluding hydrogens is 216 g/mol. The van der Waals surface area contributed by atoms with E-state index in [0.29, 0.717) is 5.75 Å². The van der Waals surface area contributed by atoms with Gasteiger partial charge in [-0.1, -0.05) is 6.07 Å². The molecule has 90 valence electrons. The van der Waals surface area contributed by atoms with Crippen LogP contribution in [0.5, 0.6) is 11.5 Å². The molecule has 1 N–H and O–H groups in total. The predicted molar refractivity (Wildman–Crippen MR) is 57.3 cm³/mol. The summed E-state index contributed by atoms with van der Waals surface area (Å²) in [7, 11) is 3.25. The van der Waals surface area contributed by atoms with E-state index >= 15 is 0 Å². The first-order valence-corrected chi connectivity index (χ1v) is 4.93. The van der Waals surface area contributed by atoms with Gasteiger partial charge >= 0.3 is 6.61 Å². The number of alkyl halides is 2. The second kappa shape index (κ2) is 6.27. The van der Waals surface area contributed by atoms with E-state index in [9.17, 15) is 8.78 Å². The normalized spacial score (nSPS) is 10.6. The van der Waals surface area contributed by atoms with Crippen LogP contribution in [0.15, 0.2) is 18.2 Å². The van der Waals surface area contributed by atoms with Crippen LogP contribution in [0.1, 0.15) is 5.56 Å². The molecule has 0 atom stereocenters. The second-order valence-electron chi connectivity index (χ2n) is 3.22. The fourth-order valence-corrected chi connectivity index (χ4v) is 1.33. The molecule has 16 heavy (non-hydrogen) atoms. The van der Waals surface area contributed by atoms with E-state index in [4.69, 9.17) is 4.74 Å². The van der Waals surface area contributed by atoms with Gasteiger partial charge in [-0.2, -0.15) is 8.78 Å². The van der Waals surface area contributed by atoms with E-state index in [1.165, 1.54) is 7.11 Å². The van der Waals surface area contributed by atoms with Gasteiger partial charge in [-0.25, -0.2) is 0 Å². The summed E-state index contributed by atoms with van der Waals surface area (Å²) in [6.45, 7) is -2.06. The molecule has 5 heteroatoms. The molecule has 0 aliphatic carbocycles. The Morgan fingerprint density at radius 2 is 2.06 bits per heavy atom. The maximum Gasteiger partial charge on any atom is 0.387 e. The Morgan fingerprint density at radius 3 is 2.62 bits per heavy atom. The molecule has 0 saturated carbocycles. The molecule has 1 aromatic rings. The molecule has 0 saturated heterocycles. The zero-order chi connectivity index (χ0) is 12.0. The SMILES string of the molecule is CNCCc1ccc(OC)c(OC(F)F)c1. The number of methoxy groups -OCH3 is 1. The third-order valence-electron chi connectivity index (χ3n) is 2.11. The van der Waals surface area contributed by atoms with Gasteiger partial charge in [-0.05, 0) is 37.7 Å². The molecule has 1 aromatic carbocycles. The van der Waals surface area contributed by atoms with Crippen molar-refractivity contribution in [1.29, 1.82) is 0 Å². The van der Waals surface area contributed by atoms with Gasteiger partial charge in [0.25, 0.3) is 0 Å². The molecule has 1 rings (SSSR count). The van der Waals surface area contributed by atoms with Crippen LogP contribution in [0.25, 0.3) is 0 Å². The van der Waals surface area contributed by atoms with Crippen molar-refractivity contribution in [2.75, 3.05) is 20.7 Å². The number of halogens is 2. The van der Waals surface area contributed by atoms with E-state index in [1.54, 1.807) is 12.1 Å². The summed E-state index contributed by atoms with van der Waals surface area (Å²) in [6.07, 6.45) is 0.750. The standard InChI is InChI=1S/C11H15F2NO2/c1-14-6-5-8-3-4-9(15-2)10(7-8)16-11(12)13/h3-4,7,11,14H,5-6H2,1-2H3. The smallest absolute Gasteiger partial charge is 0.387 e. The highest BCUT2D eigenvalue weighted by Crippen LogP contribution is 2.29. The third kappa shape index (κ3) is 3.66. The van der Waals surface area contributed by atoms with E-state index in [2.05, 4.69) is 10.1 Å². The monoisotopic (exact) mass is 231 g/mol. The topological polar surface area (TPSA) is 30.5 Å². The molecule has 0 aliphatic rings. The third-order valence-corrected chi connectivity index (χ3v) is 2.11. The Labute approximate surface area is 93.4 Å². The van der Waals surface area contributed by atoms with Crippen LogP contribution >= 0.6 is 0 Å². The first-order chi connectivity index (χ1) is 7.67. The number of hydrogen-bond acceptors (Lipinski definition) is 3. The lowest BCUT2D eigenvalue weighted by Crippen LogP contribution is -2.10. The van der Waals surface area contributed by atoms with Crippen molar-refractivity contribution in [2.24, 2.45) is 0 Å². The molecular formula is C11H15F2NO2. The molecule has 0 aromatic heterocycles. The maximum absolute atomic E-state index is 12.1. The van der Waals surface area contributed by atoms with Crippen LogP contribution in [0.4, 0.5) is 8.78 Å². The number of hydrogen-bond donors (Lipinski definition) is 1. The molecule has 0 radical (unpaired) electrons. The Bertz CT molecular complexity index is 332. The van der Waals surface area contributed by atoms with Gasteiger partial charge in [0.15, 0.2) is 11.5 Å². The van der Waals surface area contributed by atoms with Crippen molar-refractivity contribution >= 4 is 0 Å². The van der Waals surface area contributed by atoms with E-state index in [0.717, 1.165) is 18.5 Å². The average molecular weight is 231 g/mol. The Morgan fingerprint density at radius 1 is 1.31 bits per heavy atom. The lowest BCUT2D eigenvalue weighted by Gasteiger charge is -2.11. The van der Waals surface area contributed by atoms with Gasteiger partial charge in [0.05, 0.1) is 7.11 Å². The van der Waals surface area contributed by atoms with Crippen molar-refractivity contribution in [3.05, 3.63) is 23.8 Å². The van der Waals surface area contributed by atoms with Crippen molar-refractivity contribution < 1.29 is 18.3 Å². The van der Waals surface area contributed by atoms with Crippen molar-refractivity contribution in [1.82, 2.24) is 5.32 Å². The van der Waals surface area contributed by atoms with Gasteiger partial charge in [0.2, 0.25) is 0 Å². The van der Waals surface area contributed by atoms with Crippen LogP contribution in [-0.2, 0) is 6.42 Å². The highest BCUT2D eigenvalue weighted by molar-refractivity contribution is 5.43. The minimum absolute atomic E-state index is 0.0751. The summed E-state index contributed by atoms with van der Waals surface area (Å²) in [5, 5.41) is 2.98. The average Bonchev–Trinajstić information content (AvgIpc) is 2.26. The second-order valence-corrected chi connectivity index (χ2v) is 3.22. The highest BCUT2D eigenvalue weighted by atomic mass is 19.3. The van der Waals surface area contributed by atoms with Gasteiger partial charge in [0, 0.05) is 0 Å². The minimum atomic E-state index is -2.84. The molecule has 0 heterocycles. The zero-order valence-electron chi connectivity index (χ0n) is 9.30. The van der Waals surface area contributed by atoms with Crippen LogP contribution in [0.3, 0.4) is 0 Å². The zero-order valence-corrected chi connectivity index (χ0v) is 9.30. The van der Waals surface area contributed by atoms with E-state index in [1.807, 2.05) is 13.1 Å². The predicted octanol–water partition coefficient (Wildman–Crippen LogP) is 2.06. The maximum atomic E-state index is 12.1. The first-order valence-electron chi connectivity index (χ1n) is 4.93. The quantitative estimate of drug-likeness (QED) is 0.812. The number of rotatable bonds is 6. The van der Waals surface area contributed by atoms with E-state index in [-0.39, 0.29) is 5.75 Å². The molecule has 0 fully saturated rings. The Hall–Kier alpha value is -1.36. The summed E-state index contributed by atoms with van der Waals surface area (Å²) < 4.78 is 33.6. The van der Waals surface area contributed by atoms with Crippen molar-refractivity contribution in [3.63, 3.8) is 0 Å². The van der Waals surface area contributed by atoms with Crippen molar-refractivity contribution in [2.45, 2.75) is 13.0 Å². The minimum Gasteiger partial charge on any atom is -0.493 e. The van der Waals surface area contributed by atoms with Crippen molar-refractivity contribution in [3.8, 4) is 11.5 Å². The van der Waals surface area contributed by atoms with Gasteiger partial charge in [0.1, 0.15) is 0 Å². The largest absolute Gasteiger partial charge is 0.493 e. The van der Waals surface area contributed by atoms with Crippen LogP contribution in [-0.4, -0.2) is 27.3 Å². The van der Waals surface area contributed by atoms with Crippen LogP contribution in [0, 0.1) is 0 Å². The molecule has 0 spiro atoms.